The van der Waals surface area contributed by atoms with Crippen molar-refractivity contribution in [1.29, 1.82) is 5.26 Å². The van der Waals surface area contributed by atoms with Crippen molar-refractivity contribution >= 4 is 5.97 Å². The smallest absolute Gasteiger partial charge is 0.303 e. The molecule has 2 aliphatic rings. The Morgan fingerprint density at radius 2 is 1.94 bits per heavy atom. The third kappa shape index (κ3) is 7.32. The van der Waals surface area contributed by atoms with E-state index in [9.17, 15) is 9.90 Å². The second kappa shape index (κ2) is 12.9. The predicted octanol–water partition coefficient (Wildman–Crippen LogP) is 7.64. The topological polar surface area (TPSA) is 70.3 Å². The average molecular weight is 460 g/mol. The highest BCUT2D eigenvalue weighted by atomic mass is 16.5. The van der Waals surface area contributed by atoms with Gasteiger partial charge < -0.3 is 9.84 Å². The standard InChI is InChI=1S/C29H49NO3/c1-7-33-23(16-18-30)12-11-21(4)24-15-17-29(6)26(22(5)10-8-9-20(2)3)13-14-27(29)25(24)19-28(31)32/h20,22-27H,4,7-17,19H2,1-3,5-6H3,(H,31,32)/t22-,23?,24-,25-,26-,27+,29-/m1/s1. The van der Waals surface area contributed by atoms with Crippen LogP contribution in [-0.4, -0.2) is 23.8 Å². The van der Waals surface area contributed by atoms with Crippen molar-refractivity contribution in [3.63, 3.8) is 0 Å². The summed E-state index contributed by atoms with van der Waals surface area (Å²) in [7, 11) is 0. The molecule has 0 aliphatic heterocycles. The monoisotopic (exact) mass is 459 g/mol. The number of rotatable bonds is 14. The van der Waals surface area contributed by atoms with Gasteiger partial charge in [0.25, 0.3) is 0 Å². The van der Waals surface area contributed by atoms with E-state index >= 15 is 0 Å². The Morgan fingerprint density at radius 3 is 2.55 bits per heavy atom. The van der Waals surface area contributed by atoms with Gasteiger partial charge >= 0.3 is 5.97 Å². The minimum Gasteiger partial charge on any atom is -0.481 e. The quantitative estimate of drug-likeness (QED) is 0.271. The van der Waals surface area contributed by atoms with Crippen molar-refractivity contribution < 1.29 is 14.6 Å². The molecule has 0 aromatic heterocycles. The van der Waals surface area contributed by atoms with Gasteiger partial charge in [-0.3, -0.25) is 4.79 Å². The first kappa shape index (κ1) is 27.9. The Hall–Kier alpha value is -1.34. The summed E-state index contributed by atoms with van der Waals surface area (Å²) in [6.45, 7) is 16.5. The number of ether oxygens (including phenoxy) is 1. The van der Waals surface area contributed by atoms with E-state index in [1.807, 2.05) is 6.92 Å². The van der Waals surface area contributed by atoms with Gasteiger partial charge in [-0.2, -0.15) is 5.26 Å². The highest BCUT2D eigenvalue weighted by Gasteiger charge is 2.55. The van der Waals surface area contributed by atoms with Gasteiger partial charge in [-0.05, 0) is 86.4 Å². The maximum Gasteiger partial charge on any atom is 0.303 e. The molecule has 0 spiro atoms. The summed E-state index contributed by atoms with van der Waals surface area (Å²) in [4.78, 5) is 11.9. The minimum atomic E-state index is -0.674. The number of nitriles is 1. The molecule has 0 amide bonds. The van der Waals surface area contributed by atoms with Gasteiger partial charge in [0.2, 0.25) is 0 Å². The van der Waals surface area contributed by atoms with Crippen LogP contribution in [0.3, 0.4) is 0 Å². The zero-order valence-electron chi connectivity index (χ0n) is 21.9. The SMILES string of the molecule is C=C(CCC(CC#N)OCC)[C@H]1CC[C@]2(C)[C@@H]([C@H](C)CCCC(C)C)CC[C@H]2[C@@H]1CC(=O)O. The third-order valence-corrected chi connectivity index (χ3v) is 9.08. The second-order valence-corrected chi connectivity index (χ2v) is 11.6. The van der Waals surface area contributed by atoms with Crippen molar-refractivity contribution in [3.8, 4) is 6.07 Å². The molecule has 0 heterocycles. The van der Waals surface area contributed by atoms with E-state index in [1.54, 1.807) is 0 Å². The fourth-order valence-electron chi connectivity index (χ4n) is 7.42. The number of carbonyl (C=O) groups is 1. The summed E-state index contributed by atoms with van der Waals surface area (Å²) < 4.78 is 5.73. The fourth-order valence-corrected chi connectivity index (χ4v) is 7.42. The molecule has 1 N–H and O–H groups in total. The molecule has 4 nitrogen and oxygen atoms in total. The number of hydrogen-bond donors (Lipinski definition) is 1. The van der Waals surface area contributed by atoms with Crippen molar-refractivity contribution in [2.45, 2.75) is 111 Å². The molecule has 2 aliphatic carbocycles. The van der Waals surface area contributed by atoms with E-state index in [0.29, 0.717) is 30.8 Å². The van der Waals surface area contributed by atoms with Crippen molar-refractivity contribution in [1.82, 2.24) is 0 Å². The first-order valence-corrected chi connectivity index (χ1v) is 13.5. The van der Waals surface area contributed by atoms with Crippen molar-refractivity contribution in [2.24, 2.45) is 40.9 Å². The number of carboxylic acid groups (broad SMARTS) is 1. The van der Waals surface area contributed by atoms with Gasteiger partial charge in [0.15, 0.2) is 0 Å². The molecule has 0 bridgehead atoms. The van der Waals surface area contributed by atoms with Crippen LogP contribution in [0.5, 0.6) is 0 Å². The largest absolute Gasteiger partial charge is 0.481 e. The van der Waals surface area contributed by atoms with Crippen molar-refractivity contribution in [3.05, 3.63) is 12.2 Å². The zero-order valence-corrected chi connectivity index (χ0v) is 21.9. The van der Waals surface area contributed by atoms with Crippen LogP contribution in [0.25, 0.3) is 0 Å². The van der Waals surface area contributed by atoms with Crippen molar-refractivity contribution in [2.75, 3.05) is 6.61 Å². The van der Waals surface area contributed by atoms with E-state index in [1.165, 1.54) is 37.7 Å². The second-order valence-electron chi connectivity index (χ2n) is 11.6. The Balaban J connectivity index is 2.10. The van der Waals surface area contributed by atoms with E-state index in [0.717, 1.165) is 31.6 Å². The summed E-state index contributed by atoms with van der Waals surface area (Å²) in [5.74, 6) is 2.44. The number of carboxylic acids is 1. The lowest BCUT2D eigenvalue weighted by atomic mass is 9.54. The Kier molecular flexibility index (Phi) is 10.9. The van der Waals surface area contributed by atoms with Crippen LogP contribution in [0.4, 0.5) is 0 Å². The summed E-state index contributed by atoms with van der Waals surface area (Å²) >= 11 is 0. The van der Waals surface area contributed by atoms with E-state index in [-0.39, 0.29) is 29.8 Å². The van der Waals surface area contributed by atoms with Gasteiger partial charge in [-0.1, -0.05) is 59.1 Å². The molecule has 0 radical (unpaired) electrons. The highest BCUT2D eigenvalue weighted by molar-refractivity contribution is 5.67. The van der Waals surface area contributed by atoms with Crippen LogP contribution in [0.15, 0.2) is 12.2 Å². The molecule has 0 aromatic carbocycles. The molecule has 0 aromatic rings. The average Bonchev–Trinajstić information content (AvgIpc) is 3.09. The number of hydrogen-bond acceptors (Lipinski definition) is 3. The molecule has 2 rings (SSSR count). The molecule has 1 unspecified atom stereocenters. The van der Waals surface area contributed by atoms with Crippen LogP contribution in [0, 0.1) is 52.3 Å². The van der Waals surface area contributed by atoms with Crippen LogP contribution >= 0.6 is 0 Å². The summed E-state index contributed by atoms with van der Waals surface area (Å²) in [5, 5.41) is 18.9. The Morgan fingerprint density at radius 1 is 1.21 bits per heavy atom. The number of fused-ring (bicyclic) bond motifs is 1. The minimum absolute atomic E-state index is 0.0499. The lowest BCUT2D eigenvalue weighted by molar-refractivity contribution is -0.140. The number of nitrogens with zero attached hydrogens (tertiary/aromatic N) is 1. The summed E-state index contributed by atoms with van der Waals surface area (Å²) in [6.07, 6.45) is 10.8. The molecule has 0 saturated heterocycles. The summed E-state index contributed by atoms with van der Waals surface area (Å²) in [5.41, 5.74) is 1.43. The van der Waals surface area contributed by atoms with Crippen LogP contribution in [0.2, 0.25) is 0 Å². The molecule has 2 fully saturated rings. The Labute approximate surface area is 203 Å². The number of aliphatic carboxylic acids is 1. The fraction of sp³-hybridized carbons (Fsp3) is 0.862. The first-order chi connectivity index (χ1) is 15.6. The van der Waals surface area contributed by atoms with E-state index in [2.05, 4.69) is 40.3 Å². The molecule has 33 heavy (non-hydrogen) atoms. The van der Waals surface area contributed by atoms with Crippen LogP contribution in [-0.2, 0) is 9.53 Å². The lowest BCUT2D eigenvalue weighted by Gasteiger charge is -2.50. The summed E-state index contributed by atoms with van der Waals surface area (Å²) in [6, 6.07) is 2.23. The Bertz CT molecular complexity index is 681. The number of allylic oxidation sites excluding steroid dienone is 1. The lowest BCUT2D eigenvalue weighted by Crippen LogP contribution is -2.44. The predicted molar refractivity (Wildman–Crippen MR) is 135 cm³/mol. The third-order valence-electron chi connectivity index (χ3n) is 9.08. The molecule has 188 valence electrons. The van der Waals surface area contributed by atoms with Gasteiger partial charge in [0, 0.05) is 13.0 Å². The maximum atomic E-state index is 11.9. The van der Waals surface area contributed by atoms with Crippen LogP contribution in [0.1, 0.15) is 105 Å². The first-order valence-electron chi connectivity index (χ1n) is 13.5. The normalized spacial score (nSPS) is 31.1. The zero-order chi connectivity index (χ0) is 24.6. The molecule has 4 heteroatoms. The van der Waals surface area contributed by atoms with Gasteiger partial charge in [0.05, 0.1) is 18.6 Å². The van der Waals surface area contributed by atoms with E-state index < -0.39 is 5.97 Å². The van der Waals surface area contributed by atoms with Gasteiger partial charge in [-0.15, -0.1) is 0 Å². The van der Waals surface area contributed by atoms with Gasteiger partial charge in [0.1, 0.15) is 0 Å². The van der Waals surface area contributed by atoms with E-state index in [4.69, 9.17) is 10.00 Å². The highest BCUT2D eigenvalue weighted by Crippen LogP contribution is 2.62. The molecule has 2 saturated carbocycles. The van der Waals surface area contributed by atoms with Crippen LogP contribution < -0.4 is 0 Å². The van der Waals surface area contributed by atoms with Gasteiger partial charge in [-0.25, -0.2) is 0 Å². The molecular weight excluding hydrogens is 410 g/mol. The molecular formula is C29H49NO3. The molecule has 7 atom stereocenters. The maximum absolute atomic E-state index is 11.9.